The fraction of sp³-hybridized carbons (Fsp3) is 0. The van der Waals surface area contributed by atoms with E-state index in [1.807, 2.05) is 0 Å². The Bertz CT molecular complexity index is 5470. The first-order chi connectivity index (χ1) is 42.4. The van der Waals surface area contributed by atoms with Gasteiger partial charge >= 0.3 is 0 Å². The summed E-state index contributed by atoms with van der Waals surface area (Å²) in [6.07, 6.45) is 0. The molecule has 0 fully saturated rings. The molecule has 0 aliphatic heterocycles. The van der Waals surface area contributed by atoms with Gasteiger partial charge in [0.25, 0.3) is 0 Å². The monoisotopic (exact) mass is 760 g/mol. The van der Waals surface area contributed by atoms with Crippen molar-refractivity contribution in [2.75, 3.05) is 0 Å². The lowest BCUT2D eigenvalue weighted by molar-refractivity contribution is 0.669. The molecule has 3 nitrogen and oxygen atoms in total. The van der Waals surface area contributed by atoms with E-state index in [4.69, 9.17) is 33.2 Å². The Morgan fingerprint density at radius 2 is 0.807 bits per heavy atom. The number of nitrogens with zero attached hydrogens (tertiary/aromatic N) is 2. The van der Waals surface area contributed by atoms with E-state index in [-0.39, 0.29) is 0 Å². The molecular weight excluding hydrogens is 693 g/mol. The van der Waals surface area contributed by atoms with Gasteiger partial charge in [-0.15, -0.1) is 0 Å². The van der Waals surface area contributed by atoms with Crippen LogP contribution < -0.4 is 0 Å². The number of fused-ring (bicyclic) bond motifs is 9. The molecule has 0 N–H and O–H groups in total. The molecule has 0 radical (unpaired) electrons. The highest BCUT2D eigenvalue weighted by molar-refractivity contribution is 6.16. The molecule has 12 rings (SSSR count). The molecule has 0 unspecified atom stereocenters. The standard InChI is InChI=1S/C54H34N2O/c1-3-14-35(15-4-1)37-28-31-52-45(34-37)54-51(24-13-25-53(54)57-52)56-48-23-12-9-20-42(48)44-33-39(27-30-50(44)56)38-26-29-49-43(32-38)41-19-8-11-22-47(41)55(49)46-21-10-7-18-40(46)36-16-5-2-6-17-36/h1-34H/i1D,2D,3D,4D,5D,6D,7D,8D,9D,10D,11D,12D,13D,14D,15D,16D,17D,18D,19D,20D,21D,22D,23D,24D,25D,26D,27D,28D,29D,30D,31D,32D,33D,34D. The van der Waals surface area contributed by atoms with Crippen molar-refractivity contribution in [3.05, 3.63) is 205 Å². The number of benzene rings is 9. The topological polar surface area (TPSA) is 23.0 Å². The number of aromatic nitrogens is 2. The summed E-state index contributed by atoms with van der Waals surface area (Å²) in [5.41, 5.74) is -11.2. The molecule has 3 aromatic heterocycles. The van der Waals surface area contributed by atoms with Gasteiger partial charge in [0.05, 0.1) is 85.4 Å². The molecule has 3 heterocycles. The first kappa shape index (κ1) is 13.0. The second-order valence-electron chi connectivity index (χ2n) is 12.3. The Morgan fingerprint density at radius 3 is 1.49 bits per heavy atom. The van der Waals surface area contributed by atoms with Crippen LogP contribution in [0.2, 0.25) is 0 Å². The summed E-state index contributed by atoms with van der Waals surface area (Å²) in [5, 5.41) is -4.08. The molecule has 0 amide bonds. The van der Waals surface area contributed by atoms with Gasteiger partial charge in [-0.3, -0.25) is 0 Å². The van der Waals surface area contributed by atoms with E-state index in [2.05, 4.69) is 0 Å². The summed E-state index contributed by atoms with van der Waals surface area (Å²) in [5.74, 6) is 0. The lowest BCUT2D eigenvalue weighted by Gasteiger charge is -2.14. The van der Waals surface area contributed by atoms with Gasteiger partial charge in [0, 0.05) is 32.5 Å². The zero-order chi connectivity index (χ0) is 67.0. The van der Waals surface area contributed by atoms with Crippen molar-refractivity contribution in [3.63, 3.8) is 0 Å². The fourth-order valence-electron chi connectivity index (χ4n) is 6.86. The molecule has 57 heavy (non-hydrogen) atoms. The fourth-order valence-corrected chi connectivity index (χ4v) is 6.86. The van der Waals surface area contributed by atoms with E-state index in [1.165, 1.54) is 0 Å². The SMILES string of the molecule is [2H]c1c([2H])c([2H])c(-c2c([2H])c([2H])c([2H])c([2H])c2-n2c3c([2H])c([2H])c([2H])c([2H])c3c3c([2H])c(-c4c([2H])c([2H])c5c(c4[2H])c4c([2H])c([2H])c([2H])c([2H])c4n5-c4c([2H])c([2H])c([2H])c5oc6c([2H])c([2H])c(-c7c([2H])c([2H])c([2H])c([2H])c7[2H])c([2H])c6c45)c([2H])c([2H])c32)c([2H])c1[2H]. The van der Waals surface area contributed by atoms with Crippen LogP contribution in [0.25, 0.3) is 110 Å². The summed E-state index contributed by atoms with van der Waals surface area (Å²) < 4.78 is 316. The number of hydrogen-bond acceptors (Lipinski definition) is 1. The number of furan rings is 1. The van der Waals surface area contributed by atoms with Crippen LogP contribution in [-0.4, -0.2) is 9.13 Å². The Hall–Kier alpha value is -7.62. The molecule has 0 spiro atoms. The maximum Gasteiger partial charge on any atom is 0.137 e. The van der Waals surface area contributed by atoms with E-state index < -0.39 is 316 Å². The van der Waals surface area contributed by atoms with E-state index in [0.29, 0.717) is 4.57 Å². The van der Waals surface area contributed by atoms with Gasteiger partial charge in [-0.1, -0.05) is 139 Å². The maximum absolute atomic E-state index is 10.1. The molecule has 0 bridgehead atoms. The van der Waals surface area contributed by atoms with Crippen molar-refractivity contribution >= 4 is 65.6 Å². The molecule has 3 heteroatoms. The van der Waals surface area contributed by atoms with E-state index in [1.54, 1.807) is 0 Å². The van der Waals surface area contributed by atoms with Crippen LogP contribution in [0.5, 0.6) is 0 Å². The van der Waals surface area contributed by atoms with Gasteiger partial charge < -0.3 is 13.6 Å². The minimum Gasteiger partial charge on any atom is -0.456 e. The number of rotatable bonds is 5. The van der Waals surface area contributed by atoms with Gasteiger partial charge in [0.2, 0.25) is 0 Å². The highest BCUT2D eigenvalue weighted by Crippen LogP contribution is 2.42. The third-order valence-electron chi connectivity index (χ3n) is 9.23. The Labute approximate surface area is 376 Å². The molecule has 0 saturated heterocycles. The predicted molar refractivity (Wildman–Crippen MR) is 239 cm³/mol. The van der Waals surface area contributed by atoms with E-state index in [0.717, 1.165) is 4.57 Å². The van der Waals surface area contributed by atoms with Gasteiger partial charge in [-0.2, -0.15) is 0 Å². The molecule has 9 aromatic carbocycles. The van der Waals surface area contributed by atoms with Crippen LogP contribution in [0.4, 0.5) is 0 Å². The van der Waals surface area contributed by atoms with Crippen LogP contribution in [-0.2, 0) is 0 Å². The second kappa shape index (κ2) is 12.5. The zero-order valence-corrected chi connectivity index (χ0v) is 28.3. The lowest BCUT2D eigenvalue weighted by atomic mass is 10.0. The second-order valence-corrected chi connectivity index (χ2v) is 12.3. The highest BCUT2D eigenvalue weighted by Gasteiger charge is 2.20. The summed E-state index contributed by atoms with van der Waals surface area (Å²) in [4.78, 5) is 0. The van der Waals surface area contributed by atoms with Gasteiger partial charge in [-0.25, -0.2) is 0 Å². The summed E-state index contributed by atoms with van der Waals surface area (Å²) in [6, 6.07) is -33.7. The van der Waals surface area contributed by atoms with Crippen molar-refractivity contribution in [2.24, 2.45) is 0 Å². The quantitative estimate of drug-likeness (QED) is 0.171. The van der Waals surface area contributed by atoms with Crippen molar-refractivity contribution in [2.45, 2.75) is 0 Å². The molecule has 0 atom stereocenters. The normalized spacial score (nSPS) is 20.2. The van der Waals surface area contributed by atoms with Crippen molar-refractivity contribution in [3.8, 4) is 44.8 Å². The van der Waals surface area contributed by atoms with Crippen LogP contribution in [0.1, 0.15) is 46.6 Å². The van der Waals surface area contributed by atoms with E-state index in [9.17, 15) is 17.8 Å². The van der Waals surface area contributed by atoms with Crippen molar-refractivity contribution < 1.29 is 51.0 Å². The first-order valence-corrected chi connectivity index (χ1v) is 16.7. The van der Waals surface area contributed by atoms with Gasteiger partial charge in [0.15, 0.2) is 0 Å². The molecule has 0 aliphatic rings. The van der Waals surface area contributed by atoms with Crippen LogP contribution in [0, 0.1) is 0 Å². The molecule has 0 aliphatic carbocycles. The van der Waals surface area contributed by atoms with Crippen molar-refractivity contribution in [1.82, 2.24) is 9.13 Å². The van der Waals surface area contributed by atoms with E-state index >= 15 is 0 Å². The smallest absolute Gasteiger partial charge is 0.137 e. The van der Waals surface area contributed by atoms with Crippen molar-refractivity contribution in [1.29, 1.82) is 0 Å². The first-order valence-electron chi connectivity index (χ1n) is 33.7. The third kappa shape index (κ3) is 4.86. The zero-order valence-electron chi connectivity index (χ0n) is 62.3. The highest BCUT2D eigenvalue weighted by atomic mass is 16.3. The number of para-hydroxylation sites is 3. The molecule has 266 valence electrons. The molecular formula is C54H34N2O. The Balaban J connectivity index is 1.28. The minimum absolute atomic E-state index is 0.619. The average molecular weight is 761 g/mol. The van der Waals surface area contributed by atoms with Gasteiger partial charge in [-0.05, 0) is 94.3 Å². The van der Waals surface area contributed by atoms with Crippen LogP contribution in [0.15, 0.2) is 210 Å². The lowest BCUT2D eigenvalue weighted by Crippen LogP contribution is -1.97. The Kier molecular flexibility index (Phi) is 2.84. The molecule has 0 saturated carbocycles. The Morgan fingerprint density at radius 1 is 0.316 bits per heavy atom. The third-order valence-corrected chi connectivity index (χ3v) is 9.23. The summed E-state index contributed by atoms with van der Waals surface area (Å²) in [7, 11) is 0. The average Bonchev–Trinajstić information content (AvgIpc) is 1.58. The predicted octanol–water partition coefficient (Wildman–Crippen LogP) is 14.8. The van der Waals surface area contributed by atoms with Crippen LogP contribution >= 0.6 is 0 Å². The summed E-state index contributed by atoms with van der Waals surface area (Å²) in [6.45, 7) is 0. The maximum atomic E-state index is 10.1. The van der Waals surface area contributed by atoms with Crippen LogP contribution in [0.3, 0.4) is 0 Å². The minimum atomic E-state index is -1.16. The van der Waals surface area contributed by atoms with Gasteiger partial charge in [0.1, 0.15) is 11.2 Å². The molecule has 12 aromatic rings. The largest absolute Gasteiger partial charge is 0.456 e. The summed E-state index contributed by atoms with van der Waals surface area (Å²) >= 11 is 0. The number of hydrogen-bond donors (Lipinski definition) is 0.